The summed E-state index contributed by atoms with van der Waals surface area (Å²) in [5.41, 5.74) is 5.27. The Morgan fingerprint density at radius 2 is 1.81 bits per heavy atom. The molecule has 0 radical (unpaired) electrons. The number of nitrogens with two attached hydrogens (primary N) is 1. The molecule has 0 aromatic heterocycles. The SMILES string of the molecule is CNC1(C(N)=O)CCCC1CCN(CC1CC1)CC1CC1. The largest absolute Gasteiger partial charge is 0.368 e. The van der Waals surface area contributed by atoms with Gasteiger partial charge in [0.05, 0.1) is 0 Å². The first-order valence-corrected chi connectivity index (χ1v) is 8.85. The smallest absolute Gasteiger partial charge is 0.238 e. The van der Waals surface area contributed by atoms with E-state index in [4.69, 9.17) is 5.73 Å². The molecule has 0 bridgehead atoms. The minimum absolute atomic E-state index is 0.150. The summed E-state index contributed by atoms with van der Waals surface area (Å²) in [7, 11) is 1.90. The van der Waals surface area contributed by atoms with Crippen LogP contribution >= 0.6 is 0 Å². The highest BCUT2D eigenvalue weighted by Crippen LogP contribution is 2.39. The Morgan fingerprint density at radius 3 is 2.29 bits per heavy atom. The van der Waals surface area contributed by atoms with Crippen LogP contribution in [0, 0.1) is 17.8 Å². The predicted molar refractivity (Wildman–Crippen MR) is 84.8 cm³/mol. The van der Waals surface area contributed by atoms with Gasteiger partial charge < -0.3 is 16.0 Å². The fraction of sp³-hybridized carbons (Fsp3) is 0.941. The van der Waals surface area contributed by atoms with Crippen LogP contribution in [0.25, 0.3) is 0 Å². The zero-order chi connectivity index (χ0) is 14.9. The van der Waals surface area contributed by atoms with Crippen molar-refractivity contribution in [3.63, 3.8) is 0 Å². The zero-order valence-electron chi connectivity index (χ0n) is 13.4. The third-order valence-electron chi connectivity index (χ3n) is 5.93. The van der Waals surface area contributed by atoms with Crippen molar-refractivity contribution in [2.45, 2.75) is 56.9 Å². The van der Waals surface area contributed by atoms with Gasteiger partial charge in [0.2, 0.25) is 5.91 Å². The third kappa shape index (κ3) is 3.59. The minimum atomic E-state index is -0.440. The molecule has 0 heterocycles. The van der Waals surface area contributed by atoms with Gasteiger partial charge in [0.15, 0.2) is 0 Å². The summed E-state index contributed by atoms with van der Waals surface area (Å²) in [4.78, 5) is 14.6. The predicted octanol–water partition coefficient (Wildman–Crippen LogP) is 1.74. The molecule has 4 nitrogen and oxygen atoms in total. The molecule has 0 saturated heterocycles. The van der Waals surface area contributed by atoms with Gasteiger partial charge in [-0.05, 0) is 76.3 Å². The molecular formula is C17H31N3O. The summed E-state index contributed by atoms with van der Waals surface area (Å²) in [5.74, 6) is 2.18. The van der Waals surface area contributed by atoms with Crippen LogP contribution in [-0.2, 0) is 4.79 Å². The van der Waals surface area contributed by atoms with Crippen LogP contribution in [0.1, 0.15) is 51.4 Å². The summed E-state index contributed by atoms with van der Waals surface area (Å²) in [6.07, 6.45) is 9.99. The summed E-state index contributed by atoms with van der Waals surface area (Å²) in [6, 6.07) is 0. The van der Waals surface area contributed by atoms with E-state index in [9.17, 15) is 4.79 Å². The van der Waals surface area contributed by atoms with Gasteiger partial charge in [0.25, 0.3) is 0 Å². The Morgan fingerprint density at radius 1 is 1.19 bits per heavy atom. The minimum Gasteiger partial charge on any atom is -0.368 e. The van der Waals surface area contributed by atoms with Crippen LogP contribution in [-0.4, -0.2) is 43.0 Å². The van der Waals surface area contributed by atoms with Crippen LogP contribution in [0.15, 0.2) is 0 Å². The van der Waals surface area contributed by atoms with E-state index in [1.807, 2.05) is 7.05 Å². The molecule has 0 spiro atoms. The average molecular weight is 293 g/mol. The maximum Gasteiger partial charge on any atom is 0.238 e. The van der Waals surface area contributed by atoms with Crippen LogP contribution in [0.4, 0.5) is 0 Å². The maximum atomic E-state index is 11.9. The Kier molecular flexibility index (Phi) is 4.55. The average Bonchev–Trinajstić information content (AvgIpc) is 3.38. The second kappa shape index (κ2) is 6.25. The topological polar surface area (TPSA) is 58.4 Å². The van der Waals surface area contributed by atoms with Gasteiger partial charge in [-0.15, -0.1) is 0 Å². The number of carbonyl (C=O) groups excluding carboxylic acids is 1. The van der Waals surface area contributed by atoms with E-state index in [1.54, 1.807) is 0 Å². The molecule has 3 aliphatic carbocycles. The highest BCUT2D eigenvalue weighted by molar-refractivity contribution is 5.85. The van der Waals surface area contributed by atoms with Crippen LogP contribution < -0.4 is 11.1 Å². The summed E-state index contributed by atoms with van der Waals surface area (Å²) >= 11 is 0. The molecule has 3 N–H and O–H groups in total. The number of carbonyl (C=O) groups is 1. The molecule has 3 fully saturated rings. The molecule has 4 heteroatoms. The van der Waals surface area contributed by atoms with Gasteiger partial charge in [-0.3, -0.25) is 4.79 Å². The first kappa shape index (κ1) is 15.3. The zero-order valence-corrected chi connectivity index (χ0v) is 13.4. The number of hydrogen-bond acceptors (Lipinski definition) is 3. The van der Waals surface area contributed by atoms with E-state index >= 15 is 0 Å². The van der Waals surface area contributed by atoms with Gasteiger partial charge in [0, 0.05) is 13.1 Å². The lowest BCUT2D eigenvalue weighted by molar-refractivity contribution is -0.125. The molecule has 3 aliphatic rings. The van der Waals surface area contributed by atoms with Gasteiger partial charge >= 0.3 is 0 Å². The Hall–Kier alpha value is -0.610. The van der Waals surface area contributed by atoms with Crippen molar-refractivity contribution in [2.24, 2.45) is 23.5 Å². The van der Waals surface area contributed by atoms with E-state index in [1.165, 1.54) is 38.8 Å². The van der Waals surface area contributed by atoms with E-state index in [0.29, 0.717) is 5.92 Å². The second-order valence-electron chi connectivity index (χ2n) is 7.61. The lowest BCUT2D eigenvalue weighted by Gasteiger charge is -2.34. The number of nitrogens with zero attached hydrogens (tertiary/aromatic N) is 1. The third-order valence-corrected chi connectivity index (χ3v) is 5.93. The van der Waals surface area contributed by atoms with Crippen molar-refractivity contribution in [1.82, 2.24) is 10.2 Å². The molecule has 0 aliphatic heterocycles. The van der Waals surface area contributed by atoms with E-state index < -0.39 is 5.54 Å². The first-order chi connectivity index (χ1) is 10.1. The number of likely N-dealkylation sites (N-methyl/N-ethyl adjacent to an activating group) is 1. The van der Waals surface area contributed by atoms with Gasteiger partial charge in [-0.1, -0.05) is 6.42 Å². The molecule has 0 aromatic carbocycles. The Labute approximate surface area is 128 Å². The molecule has 0 aromatic rings. The summed E-state index contributed by atoms with van der Waals surface area (Å²) in [6.45, 7) is 3.72. The monoisotopic (exact) mass is 293 g/mol. The first-order valence-electron chi connectivity index (χ1n) is 8.85. The molecule has 1 amide bonds. The molecular weight excluding hydrogens is 262 g/mol. The lowest BCUT2D eigenvalue weighted by atomic mass is 9.84. The second-order valence-corrected chi connectivity index (χ2v) is 7.61. The van der Waals surface area contributed by atoms with Crippen molar-refractivity contribution in [3.05, 3.63) is 0 Å². The lowest BCUT2D eigenvalue weighted by Crippen LogP contribution is -2.56. The number of nitrogens with one attached hydrogen (secondary N) is 1. The van der Waals surface area contributed by atoms with Gasteiger partial charge in [-0.25, -0.2) is 0 Å². The number of hydrogen-bond donors (Lipinski definition) is 2. The number of rotatable bonds is 9. The van der Waals surface area contributed by atoms with Crippen molar-refractivity contribution in [2.75, 3.05) is 26.7 Å². The molecule has 3 rings (SSSR count). The van der Waals surface area contributed by atoms with Crippen molar-refractivity contribution in [3.8, 4) is 0 Å². The number of amides is 1. The van der Waals surface area contributed by atoms with E-state index in [0.717, 1.165) is 44.1 Å². The summed E-state index contributed by atoms with van der Waals surface area (Å²) < 4.78 is 0. The van der Waals surface area contributed by atoms with Crippen molar-refractivity contribution < 1.29 is 4.79 Å². The fourth-order valence-corrected chi connectivity index (χ4v) is 4.17. The van der Waals surface area contributed by atoms with Crippen molar-refractivity contribution in [1.29, 1.82) is 0 Å². The van der Waals surface area contributed by atoms with E-state index in [-0.39, 0.29) is 5.91 Å². The van der Waals surface area contributed by atoms with Crippen LogP contribution in [0.3, 0.4) is 0 Å². The molecule has 120 valence electrons. The Bertz CT molecular complexity index is 364. The molecule has 21 heavy (non-hydrogen) atoms. The normalized spacial score (nSPS) is 32.8. The quantitative estimate of drug-likeness (QED) is 0.681. The van der Waals surface area contributed by atoms with Crippen LogP contribution in [0.5, 0.6) is 0 Å². The maximum absolute atomic E-state index is 11.9. The van der Waals surface area contributed by atoms with Crippen molar-refractivity contribution >= 4 is 5.91 Å². The Balaban J connectivity index is 1.54. The van der Waals surface area contributed by atoms with Crippen LogP contribution in [0.2, 0.25) is 0 Å². The fourth-order valence-electron chi connectivity index (χ4n) is 4.17. The van der Waals surface area contributed by atoms with Gasteiger partial charge in [-0.2, -0.15) is 0 Å². The molecule has 2 unspecified atom stereocenters. The standard InChI is InChI=1S/C17H31N3O/c1-19-17(16(18)21)9-2-3-15(17)8-10-20(11-13-4-5-13)12-14-6-7-14/h13-15,19H,2-12H2,1H3,(H2,18,21). The highest BCUT2D eigenvalue weighted by atomic mass is 16.1. The number of primary amides is 1. The molecule has 2 atom stereocenters. The molecule has 3 saturated carbocycles. The highest BCUT2D eigenvalue weighted by Gasteiger charge is 2.46. The van der Waals surface area contributed by atoms with Gasteiger partial charge in [0.1, 0.15) is 5.54 Å². The van der Waals surface area contributed by atoms with E-state index in [2.05, 4.69) is 10.2 Å². The summed E-state index contributed by atoms with van der Waals surface area (Å²) in [5, 5.41) is 3.26.